The van der Waals surface area contributed by atoms with Gasteiger partial charge in [0.05, 0.1) is 12.5 Å². The Morgan fingerprint density at radius 1 is 0.921 bits per heavy atom. The summed E-state index contributed by atoms with van der Waals surface area (Å²) in [6.45, 7) is 2.47. The maximum Gasteiger partial charge on any atom is 0.330 e. The number of benzene rings is 2. The van der Waals surface area contributed by atoms with E-state index in [1.54, 1.807) is 36.4 Å². The molecule has 0 heterocycles. The first-order valence-corrected chi connectivity index (χ1v) is 14.2. The summed E-state index contributed by atoms with van der Waals surface area (Å²) in [6, 6.07) is 12.4. The molecule has 0 aliphatic heterocycles. The molecule has 1 fully saturated rings. The van der Waals surface area contributed by atoms with Crippen molar-refractivity contribution < 1.29 is 19.1 Å². The molecular formula is C32H44N2O4. The second kappa shape index (κ2) is 15.9. The summed E-state index contributed by atoms with van der Waals surface area (Å²) >= 11 is 0. The number of nitrogens with two attached hydrogens (primary N) is 2. The van der Waals surface area contributed by atoms with Crippen molar-refractivity contribution in [1.82, 2.24) is 0 Å². The van der Waals surface area contributed by atoms with Gasteiger partial charge in [-0.05, 0) is 79.1 Å². The molecule has 38 heavy (non-hydrogen) atoms. The molecule has 2 aromatic rings. The summed E-state index contributed by atoms with van der Waals surface area (Å²) in [5.41, 5.74) is 14.6. The van der Waals surface area contributed by atoms with E-state index in [-0.39, 0.29) is 18.5 Å². The highest BCUT2D eigenvalue weighted by atomic mass is 16.5. The lowest BCUT2D eigenvalue weighted by Crippen LogP contribution is -2.25. The minimum atomic E-state index is -0.435. The van der Waals surface area contributed by atoms with Crippen LogP contribution in [0.1, 0.15) is 88.7 Å². The number of carbonyl (C=O) groups excluding carboxylic acids is 2. The lowest BCUT2D eigenvalue weighted by molar-refractivity contribution is -0.140. The van der Waals surface area contributed by atoms with Gasteiger partial charge in [0.2, 0.25) is 0 Å². The van der Waals surface area contributed by atoms with E-state index in [0.717, 1.165) is 42.7 Å². The number of nitrogen functional groups attached to an aromatic ring is 2. The Morgan fingerprint density at radius 2 is 1.63 bits per heavy atom. The predicted octanol–water partition coefficient (Wildman–Crippen LogP) is 7.11. The number of ether oxygens (including phenoxy) is 2. The van der Waals surface area contributed by atoms with Crippen LogP contribution in [0.4, 0.5) is 11.4 Å². The van der Waals surface area contributed by atoms with Gasteiger partial charge >= 0.3 is 11.9 Å². The third kappa shape index (κ3) is 10.2. The molecule has 0 aromatic heterocycles. The summed E-state index contributed by atoms with van der Waals surface area (Å²) in [6.07, 6.45) is 17.0. The number of esters is 2. The first-order chi connectivity index (χ1) is 18.4. The van der Waals surface area contributed by atoms with Crippen LogP contribution >= 0.6 is 0 Å². The second-order valence-electron chi connectivity index (χ2n) is 10.5. The molecule has 0 saturated heterocycles. The van der Waals surface area contributed by atoms with E-state index in [9.17, 15) is 9.59 Å². The van der Waals surface area contributed by atoms with Crippen LogP contribution in [-0.4, -0.2) is 18.5 Å². The largest absolute Gasteiger partial charge is 0.462 e. The Bertz CT molecular complexity index is 1040. The first-order valence-electron chi connectivity index (χ1n) is 14.2. The van der Waals surface area contributed by atoms with Crippen molar-refractivity contribution >= 4 is 29.4 Å². The molecule has 1 aliphatic rings. The molecule has 0 atom stereocenters. The minimum absolute atomic E-state index is 0.00664. The number of hydrogen-bond acceptors (Lipinski definition) is 6. The van der Waals surface area contributed by atoms with E-state index in [0.29, 0.717) is 23.5 Å². The highest BCUT2D eigenvalue weighted by Gasteiger charge is 2.27. The van der Waals surface area contributed by atoms with E-state index in [1.165, 1.54) is 51.0 Å². The van der Waals surface area contributed by atoms with Crippen molar-refractivity contribution in [3.05, 3.63) is 59.7 Å². The van der Waals surface area contributed by atoms with E-state index >= 15 is 0 Å². The quantitative estimate of drug-likeness (QED) is 0.0904. The zero-order valence-electron chi connectivity index (χ0n) is 22.8. The van der Waals surface area contributed by atoms with Crippen LogP contribution in [0.5, 0.6) is 5.75 Å². The third-order valence-electron chi connectivity index (χ3n) is 7.44. The zero-order chi connectivity index (χ0) is 27.2. The van der Waals surface area contributed by atoms with Crippen LogP contribution in [0.3, 0.4) is 0 Å². The van der Waals surface area contributed by atoms with Crippen LogP contribution in [0.15, 0.2) is 48.5 Å². The topological polar surface area (TPSA) is 105 Å². The van der Waals surface area contributed by atoms with Crippen molar-refractivity contribution in [3.8, 4) is 5.75 Å². The number of anilines is 2. The maximum atomic E-state index is 12.7. The normalized spacial score (nSPS) is 17.4. The Hall–Kier alpha value is -3.28. The van der Waals surface area contributed by atoms with Gasteiger partial charge in [-0.15, -0.1) is 0 Å². The van der Waals surface area contributed by atoms with Crippen LogP contribution in [0, 0.1) is 11.8 Å². The average Bonchev–Trinajstić information content (AvgIpc) is 2.92. The number of unbranched alkanes of at least 4 members (excludes halogenated alkanes) is 5. The SMILES string of the molecule is CCCCCCCCC1CCC(C(=O)Oc2ccc(/C=C/C(=O)OCCc3cc(N)ccc3N)cc2)CC1. The Morgan fingerprint density at radius 3 is 2.37 bits per heavy atom. The van der Waals surface area contributed by atoms with Gasteiger partial charge in [-0.3, -0.25) is 4.79 Å². The molecule has 4 N–H and O–H groups in total. The second-order valence-corrected chi connectivity index (χ2v) is 10.5. The Balaban J connectivity index is 1.33. The van der Waals surface area contributed by atoms with Crippen molar-refractivity contribution in [1.29, 1.82) is 0 Å². The molecule has 206 valence electrons. The number of rotatable bonds is 14. The average molecular weight is 521 g/mol. The van der Waals surface area contributed by atoms with Crippen molar-refractivity contribution in [3.63, 3.8) is 0 Å². The summed E-state index contributed by atoms with van der Waals surface area (Å²) in [5.74, 6) is 0.723. The van der Waals surface area contributed by atoms with Crippen LogP contribution in [-0.2, 0) is 20.7 Å². The van der Waals surface area contributed by atoms with Crippen molar-refractivity contribution in [2.45, 2.75) is 84.0 Å². The summed E-state index contributed by atoms with van der Waals surface area (Å²) in [7, 11) is 0. The van der Waals surface area contributed by atoms with Gasteiger partial charge in [0.25, 0.3) is 0 Å². The summed E-state index contributed by atoms with van der Waals surface area (Å²) in [4.78, 5) is 24.7. The summed E-state index contributed by atoms with van der Waals surface area (Å²) < 4.78 is 10.9. The monoisotopic (exact) mass is 520 g/mol. The van der Waals surface area contributed by atoms with Gasteiger partial charge in [-0.2, -0.15) is 0 Å². The number of carbonyl (C=O) groups is 2. The fourth-order valence-electron chi connectivity index (χ4n) is 5.06. The smallest absolute Gasteiger partial charge is 0.330 e. The van der Waals surface area contributed by atoms with Gasteiger partial charge < -0.3 is 20.9 Å². The van der Waals surface area contributed by atoms with E-state index in [1.807, 2.05) is 12.1 Å². The lowest BCUT2D eigenvalue weighted by atomic mass is 9.80. The molecule has 1 aliphatic carbocycles. The standard InChI is InChI=1S/C32H44N2O4/c1-2-3-4-5-6-7-8-24-9-14-26(15-10-24)32(36)38-29-17-11-25(12-18-29)13-20-31(35)37-22-21-27-23-28(33)16-19-30(27)34/h11-13,16-20,23-24,26H,2-10,14-15,21-22,33-34H2,1H3/b20-13+. The molecule has 0 unspecified atom stereocenters. The lowest BCUT2D eigenvalue weighted by Gasteiger charge is -2.27. The zero-order valence-corrected chi connectivity index (χ0v) is 22.8. The van der Waals surface area contributed by atoms with Gasteiger partial charge in [-0.25, -0.2) is 4.79 Å². The molecular weight excluding hydrogens is 476 g/mol. The molecule has 0 radical (unpaired) electrons. The fourth-order valence-corrected chi connectivity index (χ4v) is 5.06. The fraction of sp³-hybridized carbons (Fsp3) is 0.500. The van der Waals surface area contributed by atoms with E-state index < -0.39 is 5.97 Å². The maximum absolute atomic E-state index is 12.7. The van der Waals surface area contributed by atoms with E-state index in [4.69, 9.17) is 20.9 Å². The van der Waals surface area contributed by atoms with Crippen molar-refractivity contribution in [2.24, 2.45) is 11.8 Å². The Kier molecular flexibility index (Phi) is 12.2. The third-order valence-corrected chi connectivity index (χ3v) is 7.44. The van der Waals surface area contributed by atoms with Crippen molar-refractivity contribution in [2.75, 3.05) is 18.1 Å². The molecule has 6 heteroatoms. The van der Waals surface area contributed by atoms with Gasteiger partial charge in [0.1, 0.15) is 5.75 Å². The highest BCUT2D eigenvalue weighted by molar-refractivity contribution is 5.87. The summed E-state index contributed by atoms with van der Waals surface area (Å²) in [5, 5.41) is 0. The van der Waals surface area contributed by atoms with Crippen LogP contribution in [0.25, 0.3) is 6.08 Å². The predicted molar refractivity (Wildman–Crippen MR) is 154 cm³/mol. The number of hydrogen-bond donors (Lipinski definition) is 2. The van der Waals surface area contributed by atoms with Crippen LogP contribution < -0.4 is 16.2 Å². The minimum Gasteiger partial charge on any atom is -0.462 e. The van der Waals surface area contributed by atoms with Gasteiger partial charge in [0, 0.05) is 23.9 Å². The van der Waals surface area contributed by atoms with E-state index in [2.05, 4.69) is 6.92 Å². The Labute approximate surface area is 227 Å². The molecule has 0 amide bonds. The molecule has 6 nitrogen and oxygen atoms in total. The molecule has 2 aromatic carbocycles. The highest BCUT2D eigenvalue weighted by Crippen LogP contribution is 2.33. The molecule has 0 bridgehead atoms. The van der Waals surface area contributed by atoms with Gasteiger partial charge in [0.15, 0.2) is 0 Å². The van der Waals surface area contributed by atoms with Crippen LogP contribution in [0.2, 0.25) is 0 Å². The van der Waals surface area contributed by atoms with Gasteiger partial charge in [-0.1, -0.05) is 64.0 Å². The first kappa shape index (κ1) is 29.3. The molecule has 0 spiro atoms. The molecule has 1 saturated carbocycles. The molecule has 3 rings (SSSR count).